The summed E-state index contributed by atoms with van der Waals surface area (Å²) in [6.45, 7) is -0.373. The van der Waals surface area contributed by atoms with Crippen LogP contribution >= 0.6 is 23.2 Å². The van der Waals surface area contributed by atoms with Crippen molar-refractivity contribution in [2.75, 3.05) is 5.32 Å². The zero-order chi connectivity index (χ0) is 14.7. The van der Waals surface area contributed by atoms with Gasteiger partial charge in [0.2, 0.25) is 0 Å². The van der Waals surface area contributed by atoms with Crippen LogP contribution in [0.5, 0.6) is 0 Å². The molecule has 2 rings (SSSR count). The average Bonchev–Trinajstić information content (AvgIpc) is 2.80. The Balaban J connectivity index is 2.11. The number of carbonyl (C=O) groups excluding carboxylic acids is 1. The fourth-order valence-corrected chi connectivity index (χ4v) is 1.85. The fourth-order valence-electron chi connectivity index (χ4n) is 1.40. The number of nitrogens with one attached hydrogen (secondary N) is 1. The van der Waals surface area contributed by atoms with Crippen molar-refractivity contribution in [1.82, 2.24) is 15.0 Å². The molecule has 0 spiro atoms. The molecule has 1 aromatic heterocycles. The van der Waals surface area contributed by atoms with Crippen LogP contribution in [0.3, 0.4) is 0 Å². The van der Waals surface area contributed by atoms with Gasteiger partial charge >= 0.3 is 5.97 Å². The van der Waals surface area contributed by atoms with Crippen LogP contribution in [0.1, 0.15) is 10.5 Å². The van der Waals surface area contributed by atoms with Crippen LogP contribution in [0.15, 0.2) is 24.4 Å². The summed E-state index contributed by atoms with van der Waals surface area (Å²) >= 11 is 11.7. The van der Waals surface area contributed by atoms with Crippen molar-refractivity contribution < 1.29 is 14.7 Å². The molecule has 0 saturated carbocycles. The van der Waals surface area contributed by atoms with Crippen molar-refractivity contribution in [2.24, 2.45) is 0 Å². The predicted molar refractivity (Wildman–Crippen MR) is 72.1 cm³/mol. The van der Waals surface area contributed by atoms with Crippen LogP contribution in [0.25, 0.3) is 0 Å². The second-order valence-corrected chi connectivity index (χ2v) is 4.62. The van der Waals surface area contributed by atoms with Crippen LogP contribution in [-0.4, -0.2) is 32.0 Å². The van der Waals surface area contributed by atoms with E-state index in [9.17, 15) is 9.59 Å². The molecule has 1 aromatic carbocycles. The zero-order valence-electron chi connectivity index (χ0n) is 9.88. The number of anilines is 1. The molecule has 2 aromatic rings. The molecule has 1 heterocycles. The van der Waals surface area contributed by atoms with Gasteiger partial charge < -0.3 is 10.4 Å². The number of aliphatic carboxylic acids is 1. The minimum absolute atomic E-state index is 0.0164. The number of carbonyl (C=O) groups is 2. The summed E-state index contributed by atoms with van der Waals surface area (Å²) in [5, 5.41) is 19.0. The number of rotatable bonds is 4. The van der Waals surface area contributed by atoms with E-state index < -0.39 is 11.9 Å². The summed E-state index contributed by atoms with van der Waals surface area (Å²) in [6, 6.07) is 4.61. The first-order chi connectivity index (χ1) is 9.45. The van der Waals surface area contributed by atoms with Crippen LogP contribution in [0, 0.1) is 0 Å². The molecule has 1 amide bonds. The van der Waals surface area contributed by atoms with Crippen LogP contribution in [0.4, 0.5) is 5.69 Å². The van der Waals surface area contributed by atoms with E-state index in [2.05, 4.69) is 15.6 Å². The molecule has 0 unspecified atom stereocenters. The fraction of sp³-hybridized carbons (Fsp3) is 0.0909. The molecule has 0 saturated heterocycles. The Morgan fingerprint density at radius 1 is 1.35 bits per heavy atom. The number of halogens is 2. The quantitative estimate of drug-likeness (QED) is 0.898. The SMILES string of the molecule is O=C(O)Cn1cc(C(=O)Nc2ccc(Cl)cc2Cl)nn1. The molecule has 0 bridgehead atoms. The molecule has 0 radical (unpaired) electrons. The van der Waals surface area contributed by atoms with Crippen molar-refractivity contribution in [3.8, 4) is 0 Å². The first-order valence-corrected chi connectivity index (χ1v) is 6.09. The Bertz CT molecular complexity index is 671. The first-order valence-electron chi connectivity index (χ1n) is 5.34. The van der Waals surface area contributed by atoms with E-state index in [-0.39, 0.29) is 17.3 Å². The number of hydrogen-bond donors (Lipinski definition) is 2. The van der Waals surface area contributed by atoms with E-state index in [4.69, 9.17) is 28.3 Å². The monoisotopic (exact) mass is 314 g/mol. The zero-order valence-corrected chi connectivity index (χ0v) is 11.4. The second-order valence-electron chi connectivity index (χ2n) is 3.77. The third-order valence-electron chi connectivity index (χ3n) is 2.25. The number of hydrogen-bond acceptors (Lipinski definition) is 4. The molecule has 0 aliphatic heterocycles. The lowest BCUT2D eigenvalue weighted by molar-refractivity contribution is -0.137. The van der Waals surface area contributed by atoms with E-state index in [0.717, 1.165) is 4.68 Å². The molecule has 7 nitrogen and oxygen atoms in total. The number of carboxylic acid groups (broad SMARTS) is 1. The Kier molecular flexibility index (Phi) is 4.21. The number of nitrogens with zero attached hydrogens (tertiary/aromatic N) is 3. The maximum Gasteiger partial charge on any atom is 0.325 e. The highest BCUT2D eigenvalue weighted by Crippen LogP contribution is 2.25. The number of carboxylic acids is 1. The maximum atomic E-state index is 11.9. The number of aromatic nitrogens is 3. The Morgan fingerprint density at radius 2 is 2.10 bits per heavy atom. The van der Waals surface area contributed by atoms with Crippen molar-refractivity contribution in [1.29, 1.82) is 0 Å². The van der Waals surface area contributed by atoms with Crippen LogP contribution < -0.4 is 5.32 Å². The molecular weight excluding hydrogens is 307 g/mol. The van der Waals surface area contributed by atoms with Gasteiger partial charge in [0.15, 0.2) is 5.69 Å². The summed E-state index contributed by atoms with van der Waals surface area (Å²) in [5.41, 5.74) is 0.353. The Labute approximate surface area is 123 Å². The van der Waals surface area contributed by atoms with Crippen LogP contribution in [-0.2, 0) is 11.3 Å². The molecule has 20 heavy (non-hydrogen) atoms. The lowest BCUT2D eigenvalue weighted by atomic mass is 10.3. The van der Waals surface area contributed by atoms with Gasteiger partial charge in [-0.3, -0.25) is 9.59 Å². The molecule has 0 aliphatic rings. The van der Waals surface area contributed by atoms with Gasteiger partial charge in [-0.2, -0.15) is 0 Å². The summed E-state index contributed by atoms with van der Waals surface area (Å²) in [7, 11) is 0. The van der Waals surface area contributed by atoms with Gasteiger partial charge in [0.1, 0.15) is 6.54 Å². The van der Waals surface area contributed by atoms with E-state index in [1.54, 1.807) is 12.1 Å². The Morgan fingerprint density at radius 3 is 2.75 bits per heavy atom. The third-order valence-corrected chi connectivity index (χ3v) is 2.80. The molecule has 104 valence electrons. The summed E-state index contributed by atoms with van der Waals surface area (Å²) in [5.74, 6) is -1.63. The molecule has 0 atom stereocenters. The van der Waals surface area contributed by atoms with Gasteiger partial charge in [0.25, 0.3) is 5.91 Å². The number of amides is 1. The van der Waals surface area contributed by atoms with Crippen molar-refractivity contribution in [2.45, 2.75) is 6.54 Å². The van der Waals surface area contributed by atoms with E-state index in [1.165, 1.54) is 12.3 Å². The van der Waals surface area contributed by atoms with Crippen LogP contribution in [0.2, 0.25) is 10.0 Å². The molecular formula is C11H8Cl2N4O3. The lowest BCUT2D eigenvalue weighted by Crippen LogP contribution is -2.13. The van der Waals surface area contributed by atoms with E-state index >= 15 is 0 Å². The summed E-state index contributed by atoms with van der Waals surface area (Å²) < 4.78 is 1.04. The summed E-state index contributed by atoms with van der Waals surface area (Å²) in [4.78, 5) is 22.4. The lowest BCUT2D eigenvalue weighted by Gasteiger charge is -2.05. The standard InChI is InChI=1S/C11H8Cl2N4O3/c12-6-1-2-8(7(13)3-6)14-11(20)9-4-17(16-15-9)5-10(18)19/h1-4H,5H2,(H,14,20)(H,18,19). The minimum atomic E-state index is -1.08. The smallest absolute Gasteiger partial charge is 0.325 e. The molecule has 2 N–H and O–H groups in total. The first kappa shape index (κ1) is 14.3. The maximum absolute atomic E-state index is 11.9. The van der Waals surface area contributed by atoms with E-state index in [1.807, 2.05) is 0 Å². The van der Waals surface area contributed by atoms with Crippen molar-refractivity contribution in [3.05, 3.63) is 40.1 Å². The topological polar surface area (TPSA) is 97.1 Å². The van der Waals surface area contributed by atoms with Crippen molar-refractivity contribution in [3.63, 3.8) is 0 Å². The highest BCUT2D eigenvalue weighted by molar-refractivity contribution is 6.36. The number of benzene rings is 1. The van der Waals surface area contributed by atoms with Gasteiger partial charge in [-0.1, -0.05) is 28.4 Å². The van der Waals surface area contributed by atoms with Crippen molar-refractivity contribution >= 4 is 40.8 Å². The Hall–Kier alpha value is -2.12. The molecule has 0 aliphatic carbocycles. The summed E-state index contributed by atoms with van der Waals surface area (Å²) in [6.07, 6.45) is 1.23. The second kappa shape index (κ2) is 5.89. The highest BCUT2D eigenvalue weighted by Gasteiger charge is 2.13. The normalized spacial score (nSPS) is 10.3. The molecule has 9 heteroatoms. The molecule has 0 fully saturated rings. The highest BCUT2D eigenvalue weighted by atomic mass is 35.5. The van der Waals surface area contributed by atoms with Gasteiger partial charge in [-0.25, -0.2) is 4.68 Å². The van der Waals surface area contributed by atoms with Gasteiger partial charge in [0.05, 0.1) is 16.9 Å². The van der Waals surface area contributed by atoms with Gasteiger partial charge in [-0.15, -0.1) is 5.10 Å². The largest absolute Gasteiger partial charge is 0.480 e. The predicted octanol–water partition coefficient (Wildman–Crippen LogP) is 1.92. The minimum Gasteiger partial charge on any atom is -0.480 e. The van der Waals surface area contributed by atoms with Gasteiger partial charge in [-0.05, 0) is 18.2 Å². The average molecular weight is 315 g/mol. The third kappa shape index (κ3) is 3.46. The van der Waals surface area contributed by atoms with Gasteiger partial charge in [0, 0.05) is 5.02 Å². The van der Waals surface area contributed by atoms with E-state index in [0.29, 0.717) is 10.7 Å².